The molecule has 0 aliphatic rings. The first-order valence-electron chi connectivity index (χ1n) is 8.14. The van der Waals surface area contributed by atoms with Gasteiger partial charge >= 0.3 is 12.6 Å². The van der Waals surface area contributed by atoms with Gasteiger partial charge in [-0.3, -0.25) is 9.79 Å². The van der Waals surface area contributed by atoms with Crippen LogP contribution in [0.5, 0.6) is 11.5 Å². The zero-order valence-electron chi connectivity index (χ0n) is 15.3. The van der Waals surface area contributed by atoms with Gasteiger partial charge in [0.15, 0.2) is 17.5 Å². The van der Waals surface area contributed by atoms with Crippen molar-refractivity contribution in [1.29, 1.82) is 0 Å². The second kappa shape index (κ2) is 11.1. The van der Waals surface area contributed by atoms with Gasteiger partial charge in [0.25, 0.3) is 0 Å². The maximum atomic E-state index is 12.7. The minimum absolute atomic E-state index is 0.0183. The molecule has 0 aromatic heterocycles. The van der Waals surface area contributed by atoms with Crippen molar-refractivity contribution >= 4 is 11.9 Å². The highest BCUT2D eigenvalue weighted by Gasteiger charge is 2.17. The fourth-order valence-corrected chi connectivity index (χ4v) is 2.13. The van der Waals surface area contributed by atoms with E-state index in [1.807, 2.05) is 0 Å². The van der Waals surface area contributed by atoms with Crippen molar-refractivity contribution in [2.24, 2.45) is 10.9 Å². The van der Waals surface area contributed by atoms with E-state index in [0.29, 0.717) is 24.7 Å². The molecule has 1 unspecified atom stereocenters. The summed E-state index contributed by atoms with van der Waals surface area (Å²) in [6.45, 7) is 1.32. The quantitative estimate of drug-likeness (QED) is 0.392. The summed E-state index contributed by atoms with van der Waals surface area (Å²) >= 11 is 0. The van der Waals surface area contributed by atoms with Crippen molar-refractivity contribution in [2.75, 3.05) is 27.3 Å². The molecule has 26 heavy (non-hydrogen) atoms. The summed E-state index contributed by atoms with van der Waals surface area (Å²) in [4.78, 5) is 15.4. The molecular weight excluding hydrogens is 348 g/mol. The molecule has 0 aliphatic carbocycles. The maximum absolute atomic E-state index is 12.7. The fourth-order valence-electron chi connectivity index (χ4n) is 2.13. The van der Waals surface area contributed by atoms with Crippen LogP contribution in [-0.2, 0) is 16.1 Å². The van der Waals surface area contributed by atoms with Gasteiger partial charge in [-0.1, -0.05) is 19.1 Å². The third-order valence-electron chi connectivity index (χ3n) is 3.42. The number of methoxy groups -OCH3 is 1. The number of carbonyl (C=O) groups excluding carboxylic acids is 1. The minimum atomic E-state index is -2.96. The lowest BCUT2D eigenvalue weighted by atomic mass is 10.2. The maximum Gasteiger partial charge on any atom is 0.387 e. The van der Waals surface area contributed by atoms with Crippen molar-refractivity contribution in [3.8, 4) is 11.5 Å². The van der Waals surface area contributed by atoms with Gasteiger partial charge in [-0.2, -0.15) is 8.78 Å². The first-order chi connectivity index (χ1) is 12.4. The summed E-state index contributed by atoms with van der Waals surface area (Å²) in [5.41, 5.74) is 0.486. The largest absolute Gasteiger partial charge is 0.490 e. The monoisotopic (exact) mass is 373 g/mol. The molecule has 0 spiro atoms. The van der Waals surface area contributed by atoms with Crippen LogP contribution in [0.3, 0.4) is 0 Å². The molecule has 7 nitrogen and oxygen atoms in total. The van der Waals surface area contributed by atoms with Crippen LogP contribution in [0.2, 0.25) is 0 Å². The molecule has 1 aromatic carbocycles. The third-order valence-corrected chi connectivity index (χ3v) is 3.42. The van der Waals surface area contributed by atoms with E-state index in [1.165, 1.54) is 7.11 Å². The number of guanidine groups is 1. The number of benzene rings is 1. The molecule has 0 radical (unpaired) electrons. The molecule has 2 N–H and O–H groups in total. The highest BCUT2D eigenvalue weighted by molar-refractivity contribution is 5.80. The number of rotatable bonds is 9. The number of hydrogen-bond donors (Lipinski definition) is 2. The van der Waals surface area contributed by atoms with E-state index in [2.05, 4.69) is 25.1 Å². The Morgan fingerprint density at radius 1 is 1.31 bits per heavy atom. The molecule has 0 saturated heterocycles. The zero-order chi connectivity index (χ0) is 19.5. The second-order valence-electron chi connectivity index (χ2n) is 5.29. The van der Waals surface area contributed by atoms with E-state index in [9.17, 15) is 13.6 Å². The molecular formula is C17H25F2N3O4. The number of aliphatic imine (C=N–C) groups is 1. The summed E-state index contributed by atoms with van der Waals surface area (Å²) in [6, 6.07) is 4.91. The van der Waals surface area contributed by atoms with Crippen LogP contribution in [0.25, 0.3) is 0 Å². The van der Waals surface area contributed by atoms with Crippen LogP contribution < -0.4 is 20.1 Å². The average Bonchev–Trinajstić information content (AvgIpc) is 2.62. The first-order valence-corrected chi connectivity index (χ1v) is 8.14. The number of para-hydroxylation sites is 1. The molecule has 0 amide bonds. The summed E-state index contributed by atoms with van der Waals surface area (Å²) in [5.74, 6) is -0.0716. The highest BCUT2D eigenvalue weighted by atomic mass is 19.3. The van der Waals surface area contributed by atoms with Crippen molar-refractivity contribution in [3.63, 3.8) is 0 Å². The molecule has 1 aromatic rings. The normalized spacial score (nSPS) is 12.5. The van der Waals surface area contributed by atoms with Crippen LogP contribution in [0.15, 0.2) is 23.2 Å². The van der Waals surface area contributed by atoms with Gasteiger partial charge in [0.2, 0.25) is 0 Å². The minimum Gasteiger partial charge on any atom is -0.490 e. The molecule has 1 rings (SSSR count). The smallest absolute Gasteiger partial charge is 0.387 e. The lowest BCUT2D eigenvalue weighted by Crippen LogP contribution is -2.40. The summed E-state index contributed by atoms with van der Waals surface area (Å²) < 4.78 is 40.1. The molecule has 146 valence electrons. The lowest BCUT2D eigenvalue weighted by molar-refractivity contribution is -0.144. The number of nitrogens with one attached hydrogen (secondary N) is 2. The standard InChI is InChI=1S/C17H25F2N3O4/c1-5-25-13-8-6-7-12(14(13)26-16(18)19)10-22-17(20-3)21-9-11(2)15(23)24-4/h6-8,11,16H,5,9-10H2,1-4H3,(H2,20,21,22). The van der Waals surface area contributed by atoms with Crippen LogP contribution in [0.4, 0.5) is 8.78 Å². The molecule has 0 fully saturated rings. The van der Waals surface area contributed by atoms with Crippen molar-refractivity contribution in [3.05, 3.63) is 23.8 Å². The molecule has 0 heterocycles. The van der Waals surface area contributed by atoms with Gasteiger partial charge in [0.1, 0.15) is 0 Å². The van der Waals surface area contributed by atoms with E-state index < -0.39 is 6.61 Å². The van der Waals surface area contributed by atoms with Crippen molar-refractivity contribution in [2.45, 2.75) is 27.0 Å². The Morgan fingerprint density at radius 3 is 2.62 bits per heavy atom. The first kappa shape index (κ1) is 21.5. The number of hydrogen-bond acceptors (Lipinski definition) is 5. The molecule has 1 atom stereocenters. The number of nitrogens with zero attached hydrogens (tertiary/aromatic N) is 1. The lowest BCUT2D eigenvalue weighted by Gasteiger charge is -2.18. The summed E-state index contributed by atoms with van der Waals surface area (Å²) in [7, 11) is 2.88. The molecule has 9 heteroatoms. The molecule has 0 bridgehead atoms. The van der Waals surface area contributed by atoms with Crippen LogP contribution in [0, 0.1) is 5.92 Å². The average molecular weight is 373 g/mol. The Balaban J connectivity index is 2.77. The Morgan fingerprint density at radius 2 is 2.04 bits per heavy atom. The predicted octanol–water partition coefficient (Wildman–Crippen LogP) is 2.16. The predicted molar refractivity (Wildman–Crippen MR) is 93.6 cm³/mol. The van der Waals surface area contributed by atoms with Gasteiger partial charge in [-0.15, -0.1) is 0 Å². The van der Waals surface area contributed by atoms with Crippen LogP contribution >= 0.6 is 0 Å². The fraction of sp³-hybridized carbons (Fsp3) is 0.529. The summed E-state index contributed by atoms with van der Waals surface area (Å²) in [5, 5.41) is 5.96. The molecule has 0 saturated carbocycles. The zero-order valence-corrected chi connectivity index (χ0v) is 15.3. The Hall–Kier alpha value is -2.58. The third kappa shape index (κ3) is 6.73. The van der Waals surface area contributed by atoms with E-state index in [0.717, 1.165) is 0 Å². The van der Waals surface area contributed by atoms with Crippen molar-refractivity contribution < 1.29 is 27.8 Å². The Bertz CT molecular complexity index is 612. The highest BCUT2D eigenvalue weighted by Crippen LogP contribution is 2.32. The van der Waals surface area contributed by atoms with Gasteiger partial charge in [-0.25, -0.2) is 0 Å². The van der Waals surface area contributed by atoms with Gasteiger partial charge < -0.3 is 24.8 Å². The van der Waals surface area contributed by atoms with E-state index in [1.54, 1.807) is 39.1 Å². The van der Waals surface area contributed by atoms with E-state index >= 15 is 0 Å². The Kier molecular flexibility index (Phi) is 9.18. The van der Waals surface area contributed by atoms with E-state index in [-0.39, 0.29) is 29.9 Å². The SMILES string of the molecule is CCOc1cccc(CNC(=NC)NCC(C)C(=O)OC)c1OC(F)F. The number of halogens is 2. The van der Waals surface area contributed by atoms with E-state index in [4.69, 9.17) is 4.74 Å². The number of carbonyl (C=O) groups is 1. The second-order valence-corrected chi connectivity index (χ2v) is 5.29. The summed E-state index contributed by atoms with van der Waals surface area (Å²) in [6.07, 6.45) is 0. The van der Waals surface area contributed by atoms with Gasteiger partial charge in [-0.05, 0) is 13.0 Å². The Labute approximate surface area is 151 Å². The number of ether oxygens (including phenoxy) is 3. The number of esters is 1. The van der Waals surface area contributed by atoms with Crippen LogP contribution in [-0.4, -0.2) is 45.8 Å². The van der Waals surface area contributed by atoms with Crippen LogP contribution in [0.1, 0.15) is 19.4 Å². The van der Waals surface area contributed by atoms with Gasteiger partial charge in [0, 0.05) is 25.7 Å². The molecule has 0 aliphatic heterocycles. The number of alkyl halides is 2. The topological polar surface area (TPSA) is 81.2 Å². The van der Waals surface area contributed by atoms with Gasteiger partial charge in [0.05, 0.1) is 19.6 Å². The van der Waals surface area contributed by atoms with Crippen molar-refractivity contribution in [1.82, 2.24) is 10.6 Å².